The summed E-state index contributed by atoms with van der Waals surface area (Å²) >= 11 is 0. The third-order valence-corrected chi connectivity index (χ3v) is 7.41. The molecule has 0 unspecified atom stereocenters. The smallest absolute Gasteiger partial charge is 0.240 e. The molecule has 0 aliphatic heterocycles. The number of amides is 2. The van der Waals surface area contributed by atoms with Crippen LogP contribution in [0.15, 0.2) is 91.5 Å². The first-order chi connectivity index (χ1) is 20.7. The van der Waals surface area contributed by atoms with Crippen molar-refractivity contribution in [2.24, 2.45) is 12.5 Å². The number of anilines is 3. The van der Waals surface area contributed by atoms with E-state index in [1.165, 1.54) is 18.2 Å². The zero-order valence-electron chi connectivity index (χ0n) is 24.2. The molecule has 0 saturated heterocycles. The van der Waals surface area contributed by atoms with Gasteiger partial charge in [-0.25, -0.2) is 9.37 Å². The molecule has 43 heavy (non-hydrogen) atoms. The fraction of sp³-hybridized carbons (Fsp3) is 0.212. The van der Waals surface area contributed by atoms with Crippen LogP contribution in [0.5, 0.6) is 0 Å². The van der Waals surface area contributed by atoms with Crippen molar-refractivity contribution < 1.29 is 14.0 Å². The maximum atomic E-state index is 13.4. The molecule has 2 amide bonds. The number of rotatable bonds is 8. The predicted molar refractivity (Wildman–Crippen MR) is 165 cm³/mol. The highest BCUT2D eigenvalue weighted by Gasteiger charge is 2.50. The van der Waals surface area contributed by atoms with E-state index in [-0.39, 0.29) is 5.70 Å². The van der Waals surface area contributed by atoms with Crippen LogP contribution in [-0.2, 0) is 16.6 Å². The van der Waals surface area contributed by atoms with Gasteiger partial charge in [-0.15, -0.1) is 0 Å². The second-order valence-corrected chi connectivity index (χ2v) is 10.4. The highest BCUT2D eigenvalue weighted by Crippen LogP contribution is 2.42. The third-order valence-electron chi connectivity index (χ3n) is 7.41. The molecule has 5 rings (SSSR count). The van der Waals surface area contributed by atoms with Crippen molar-refractivity contribution in [2.75, 3.05) is 10.6 Å². The van der Waals surface area contributed by atoms with Crippen LogP contribution in [0.3, 0.4) is 0 Å². The van der Waals surface area contributed by atoms with Crippen LogP contribution in [0.1, 0.15) is 43.0 Å². The Bertz CT molecular complexity index is 1850. The minimum absolute atomic E-state index is 0.210. The molecule has 1 aliphatic rings. The van der Waals surface area contributed by atoms with Crippen LogP contribution in [-0.4, -0.2) is 31.0 Å². The van der Waals surface area contributed by atoms with E-state index in [2.05, 4.69) is 44.5 Å². The summed E-state index contributed by atoms with van der Waals surface area (Å²) in [7, 11) is 1.85. The van der Waals surface area contributed by atoms with E-state index in [9.17, 15) is 14.0 Å². The average Bonchev–Trinajstić information content (AvgIpc) is 3.57. The first-order valence-electron chi connectivity index (χ1n) is 13.8. The van der Waals surface area contributed by atoms with Gasteiger partial charge in [-0.1, -0.05) is 31.1 Å². The molecule has 1 fully saturated rings. The van der Waals surface area contributed by atoms with Gasteiger partial charge in [0.2, 0.25) is 11.8 Å². The molecule has 0 radical (unpaired) electrons. The molecule has 9 nitrogen and oxygen atoms in total. The molecule has 3 N–H and O–H groups in total. The Morgan fingerprint density at radius 3 is 2.63 bits per heavy atom. The molecule has 1 aliphatic carbocycles. The predicted octanol–water partition coefficient (Wildman–Crippen LogP) is 5.69. The summed E-state index contributed by atoms with van der Waals surface area (Å²) in [4.78, 5) is 31.0. The monoisotopic (exact) mass is 577 g/mol. The summed E-state index contributed by atoms with van der Waals surface area (Å²) in [6.07, 6.45) is 12.7. The van der Waals surface area contributed by atoms with Crippen molar-refractivity contribution in [3.05, 3.63) is 108 Å². The number of aromatic nitrogens is 4. The van der Waals surface area contributed by atoms with Gasteiger partial charge in [0.15, 0.2) is 5.65 Å². The van der Waals surface area contributed by atoms with Crippen molar-refractivity contribution >= 4 is 34.5 Å². The van der Waals surface area contributed by atoms with Crippen molar-refractivity contribution in [3.8, 4) is 11.8 Å². The first kappa shape index (κ1) is 29.1. The van der Waals surface area contributed by atoms with Crippen molar-refractivity contribution in [1.29, 1.82) is 0 Å². The number of benzene rings is 1. The number of nitrogens with one attached hydrogen (secondary N) is 3. The Balaban J connectivity index is 1.32. The second kappa shape index (κ2) is 12.2. The first-order valence-corrected chi connectivity index (χ1v) is 13.8. The zero-order valence-corrected chi connectivity index (χ0v) is 24.2. The highest BCUT2D eigenvalue weighted by molar-refractivity contribution is 6.11. The van der Waals surface area contributed by atoms with Crippen LogP contribution < -0.4 is 16.0 Å². The Hall–Kier alpha value is -5.43. The number of carbonyl (C=O) groups excluding carboxylic acids is 2. The molecule has 3 aromatic heterocycles. The SMILES string of the molecule is C=C(/C=C\C(F)=C/C)NC(=O)C1(C(=O)Nc2ccc(C)c(C#Cc3cnc4c(Nc5cnn(C)c5)cccn34)c2)CCC1. The Morgan fingerprint density at radius 2 is 1.93 bits per heavy atom. The lowest BCUT2D eigenvalue weighted by Gasteiger charge is -2.38. The van der Waals surface area contributed by atoms with Crippen LogP contribution >= 0.6 is 0 Å². The van der Waals surface area contributed by atoms with Gasteiger partial charge in [0.1, 0.15) is 16.9 Å². The van der Waals surface area contributed by atoms with Crippen molar-refractivity contribution in [1.82, 2.24) is 24.5 Å². The highest BCUT2D eigenvalue weighted by atomic mass is 19.1. The fourth-order valence-corrected chi connectivity index (χ4v) is 4.73. The third kappa shape index (κ3) is 6.26. The number of imidazole rings is 1. The van der Waals surface area contributed by atoms with E-state index >= 15 is 0 Å². The Morgan fingerprint density at radius 1 is 1.12 bits per heavy atom. The summed E-state index contributed by atoms with van der Waals surface area (Å²) < 4.78 is 17.0. The number of carbonyl (C=O) groups is 2. The van der Waals surface area contributed by atoms with E-state index in [0.717, 1.165) is 34.6 Å². The van der Waals surface area contributed by atoms with Crippen molar-refractivity contribution in [3.63, 3.8) is 0 Å². The number of nitrogens with zero attached hydrogens (tertiary/aromatic N) is 4. The lowest BCUT2D eigenvalue weighted by Crippen LogP contribution is -2.52. The number of hydrogen-bond acceptors (Lipinski definition) is 5. The zero-order chi connectivity index (χ0) is 30.6. The van der Waals surface area contributed by atoms with Gasteiger partial charge in [-0.05, 0) is 74.6 Å². The minimum atomic E-state index is -1.22. The quantitative estimate of drug-likeness (QED) is 0.142. The fourth-order valence-electron chi connectivity index (χ4n) is 4.73. The molecule has 0 bridgehead atoms. The van der Waals surface area contributed by atoms with Gasteiger partial charge in [-0.3, -0.25) is 18.7 Å². The van der Waals surface area contributed by atoms with Gasteiger partial charge in [-0.2, -0.15) is 5.10 Å². The van der Waals surface area contributed by atoms with Gasteiger partial charge in [0.25, 0.3) is 0 Å². The molecule has 0 atom stereocenters. The molecule has 1 aromatic carbocycles. The van der Waals surface area contributed by atoms with E-state index in [4.69, 9.17) is 0 Å². The number of halogens is 1. The lowest BCUT2D eigenvalue weighted by atomic mass is 9.67. The molecule has 1 saturated carbocycles. The number of allylic oxidation sites excluding steroid dienone is 4. The summed E-state index contributed by atoms with van der Waals surface area (Å²) in [6, 6.07) is 9.31. The van der Waals surface area contributed by atoms with Crippen LogP contribution in [0.25, 0.3) is 5.65 Å². The van der Waals surface area contributed by atoms with Crippen LogP contribution in [0.2, 0.25) is 0 Å². The number of aryl methyl sites for hydroxylation is 2. The maximum absolute atomic E-state index is 13.4. The number of hydrogen-bond donors (Lipinski definition) is 3. The molecular formula is C33H32FN7O2. The van der Waals surface area contributed by atoms with E-state index < -0.39 is 23.1 Å². The van der Waals surface area contributed by atoms with E-state index in [0.29, 0.717) is 24.2 Å². The van der Waals surface area contributed by atoms with Crippen molar-refractivity contribution in [2.45, 2.75) is 33.1 Å². The topological polar surface area (TPSA) is 105 Å². The summed E-state index contributed by atoms with van der Waals surface area (Å²) in [5.41, 5.74) is 4.29. The van der Waals surface area contributed by atoms with E-state index in [1.54, 1.807) is 36.1 Å². The second-order valence-electron chi connectivity index (χ2n) is 10.4. The summed E-state index contributed by atoms with van der Waals surface area (Å²) in [6.45, 7) is 7.26. The van der Waals surface area contributed by atoms with E-state index in [1.807, 2.05) is 49.0 Å². The van der Waals surface area contributed by atoms with Crippen LogP contribution in [0.4, 0.5) is 21.5 Å². The molecule has 218 valence electrons. The Kier molecular flexibility index (Phi) is 8.25. The average molecular weight is 578 g/mol. The standard InChI is InChI=1S/C33H32FN7O2/c1-5-25(34)12-10-23(3)37-31(42)33(15-7-16-33)32(43)39-26-13-9-22(2)24(18-26)11-14-28-20-35-30-29(8-6-17-41(28)30)38-27-19-36-40(4)21-27/h5-6,8-10,12-13,17-21,38H,3,7,15-16H2,1-2,4H3,(H,37,42)(H,39,43)/b12-10-,25-5+. The van der Waals surface area contributed by atoms with Crippen LogP contribution in [0, 0.1) is 24.2 Å². The number of fused-ring (bicyclic) bond motifs is 1. The minimum Gasteiger partial charge on any atom is -0.350 e. The molecular weight excluding hydrogens is 545 g/mol. The normalized spacial score (nSPS) is 14.1. The molecule has 3 heterocycles. The van der Waals surface area contributed by atoms with Gasteiger partial charge in [0, 0.05) is 36.4 Å². The maximum Gasteiger partial charge on any atom is 0.240 e. The molecule has 10 heteroatoms. The summed E-state index contributed by atoms with van der Waals surface area (Å²) in [5, 5.41) is 13.1. The van der Waals surface area contributed by atoms with Gasteiger partial charge in [0.05, 0.1) is 23.8 Å². The molecule has 0 spiro atoms. The molecule has 4 aromatic rings. The van der Waals surface area contributed by atoms with Gasteiger partial charge < -0.3 is 16.0 Å². The summed E-state index contributed by atoms with van der Waals surface area (Å²) in [5.74, 6) is 5.10. The largest absolute Gasteiger partial charge is 0.350 e. The number of pyridine rings is 1. The lowest BCUT2D eigenvalue weighted by molar-refractivity contribution is -0.145. The Labute approximate surface area is 249 Å². The van der Waals surface area contributed by atoms with Gasteiger partial charge >= 0.3 is 0 Å².